The second-order valence-corrected chi connectivity index (χ2v) is 5.94. The summed E-state index contributed by atoms with van der Waals surface area (Å²) >= 11 is 0. The number of hydrogen-bond donors (Lipinski definition) is 3. The van der Waals surface area contributed by atoms with E-state index in [4.69, 9.17) is 0 Å². The molecule has 1 atom stereocenters. The van der Waals surface area contributed by atoms with Crippen molar-refractivity contribution in [2.24, 2.45) is 0 Å². The summed E-state index contributed by atoms with van der Waals surface area (Å²) in [6, 6.07) is 14.2. The van der Waals surface area contributed by atoms with Crippen molar-refractivity contribution in [2.75, 3.05) is 6.61 Å². The molecule has 6 heteroatoms. The summed E-state index contributed by atoms with van der Waals surface area (Å²) in [6.45, 7) is 1.78. The number of aromatic amines is 1. The molecule has 0 bridgehead atoms. The SMILES string of the molecule is Cc1ccc([C@@H](CO)NC(=O)Cc2n[nH]c(=O)c3ccccc23)cc1. The molecule has 0 saturated carbocycles. The van der Waals surface area contributed by atoms with Gasteiger partial charge in [-0.25, -0.2) is 5.10 Å². The molecular formula is C19H19N3O3. The van der Waals surface area contributed by atoms with Gasteiger partial charge in [0.25, 0.3) is 5.56 Å². The fourth-order valence-corrected chi connectivity index (χ4v) is 2.74. The van der Waals surface area contributed by atoms with Crippen molar-refractivity contribution >= 4 is 16.7 Å². The molecule has 3 N–H and O–H groups in total. The zero-order chi connectivity index (χ0) is 17.8. The third kappa shape index (κ3) is 3.75. The van der Waals surface area contributed by atoms with Gasteiger partial charge in [0.15, 0.2) is 0 Å². The van der Waals surface area contributed by atoms with Gasteiger partial charge >= 0.3 is 0 Å². The van der Waals surface area contributed by atoms with Gasteiger partial charge in [0.1, 0.15) is 0 Å². The van der Waals surface area contributed by atoms with Crippen LogP contribution in [0.4, 0.5) is 0 Å². The van der Waals surface area contributed by atoms with Crippen LogP contribution in [0.15, 0.2) is 53.3 Å². The molecule has 0 aliphatic heterocycles. The van der Waals surface area contributed by atoms with E-state index in [1.54, 1.807) is 24.3 Å². The number of aromatic nitrogens is 2. The molecule has 3 rings (SSSR count). The Morgan fingerprint density at radius 1 is 1.16 bits per heavy atom. The smallest absolute Gasteiger partial charge is 0.272 e. The highest BCUT2D eigenvalue weighted by Crippen LogP contribution is 2.15. The van der Waals surface area contributed by atoms with Gasteiger partial charge < -0.3 is 10.4 Å². The lowest BCUT2D eigenvalue weighted by molar-refractivity contribution is -0.121. The highest BCUT2D eigenvalue weighted by molar-refractivity contribution is 5.88. The van der Waals surface area contributed by atoms with Crippen LogP contribution in [0.3, 0.4) is 0 Å². The predicted molar refractivity (Wildman–Crippen MR) is 95.2 cm³/mol. The minimum atomic E-state index is -0.484. The lowest BCUT2D eigenvalue weighted by atomic mass is 10.0. The highest BCUT2D eigenvalue weighted by Gasteiger charge is 2.16. The number of rotatable bonds is 5. The first kappa shape index (κ1) is 16.9. The number of amides is 1. The first-order valence-corrected chi connectivity index (χ1v) is 8.01. The Bertz CT molecular complexity index is 948. The van der Waals surface area contributed by atoms with Crippen LogP contribution in [0.5, 0.6) is 0 Å². The topological polar surface area (TPSA) is 95.1 Å². The number of hydrogen-bond acceptors (Lipinski definition) is 4. The maximum atomic E-state index is 12.4. The number of H-pyrrole nitrogens is 1. The normalized spacial score (nSPS) is 12.1. The molecule has 2 aromatic carbocycles. The zero-order valence-electron chi connectivity index (χ0n) is 13.8. The van der Waals surface area contributed by atoms with Gasteiger partial charge in [-0.15, -0.1) is 0 Å². The molecule has 0 aliphatic carbocycles. The van der Waals surface area contributed by atoms with Crippen LogP contribution < -0.4 is 10.9 Å². The van der Waals surface area contributed by atoms with Gasteiger partial charge in [-0.1, -0.05) is 48.0 Å². The monoisotopic (exact) mass is 337 g/mol. The van der Waals surface area contributed by atoms with Gasteiger partial charge in [-0.05, 0) is 18.6 Å². The molecular weight excluding hydrogens is 318 g/mol. The van der Waals surface area contributed by atoms with Crippen LogP contribution in [-0.2, 0) is 11.2 Å². The van der Waals surface area contributed by atoms with Crippen LogP contribution in [-0.4, -0.2) is 27.8 Å². The Balaban J connectivity index is 1.79. The van der Waals surface area contributed by atoms with E-state index in [1.165, 1.54) is 0 Å². The summed E-state index contributed by atoms with van der Waals surface area (Å²) in [5.74, 6) is -0.274. The molecule has 0 saturated heterocycles. The van der Waals surface area contributed by atoms with Gasteiger partial charge in [-0.2, -0.15) is 5.10 Å². The van der Waals surface area contributed by atoms with E-state index in [0.29, 0.717) is 16.5 Å². The van der Waals surface area contributed by atoms with Gasteiger partial charge in [0.05, 0.1) is 30.1 Å². The van der Waals surface area contributed by atoms with E-state index >= 15 is 0 Å². The second kappa shape index (κ2) is 7.27. The van der Waals surface area contributed by atoms with E-state index in [9.17, 15) is 14.7 Å². The maximum Gasteiger partial charge on any atom is 0.272 e. The number of benzene rings is 2. The summed E-state index contributed by atoms with van der Waals surface area (Å²) in [4.78, 5) is 24.2. The summed E-state index contributed by atoms with van der Waals surface area (Å²) in [5.41, 5.74) is 2.15. The van der Waals surface area contributed by atoms with Crippen LogP contribution in [0, 0.1) is 6.92 Å². The third-order valence-corrected chi connectivity index (χ3v) is 4.10. The van der Waals surface area contributed by atoms with Crippen LogP contribution >= 0.6 is 0 Å². The molecule has 25 heavy (non-hydrogen) atoms. The van der Waals surface area contributed by atoms with Crippen molar-refractivity contribution in [1.82, 2.24) is 15.5 Å². The Hall–Kier alpha value is -2.99. The summed E-state index contributed by atoms with van der Waals surface area (Å²) < 4.78 is 0. The van der Waals surface area contributed by atoms with Crippen molar-refractivity contribution in [2.45, 2.75) is 19.4 Å². The fourth-order valence-electron chi connectivity index (χ4n) is 2.74. The molecule has 0 fully saturated rings. The molecule has 0 unspecified atom stereocenters. The maximum absolute atomic E-state index is 12.4. The van der Waals surface area contributed by atoms with Crippen molar-refractivity contribution in [1.29, 1.82) is 0 Å². The van der Waals surface area contributed by atoms with E-state index in [1.807, 2.05) is 31.2 Å². The molecule has 1 amide bonds. The Labute approximate surface area is 144 Å². The second-order valence-electron chi connectivity index (χ2n) is 5.94. The average Bonchev–Trinajstić information content (AvgIpc) is 2.63. The third-order valence-electron chi connectivity index (χ3n) is 4.10. The molecule has 0 radical (unpaired) electrons. The van der Waals surface area contributed by atoms with Gasteiger partial charge in [0.2, 0.25) is 5.91 Å². The first-order valence-electron chi connectivity index (χ1n) is 8.01. The number of carbonyl (C=O) groups is 1. The molecule has 3 aromatic rings. The summed E-state index contributed by atoms with van der Waals surface area (Å²) in [7, 11) is 0. The van der Waals surface area contributed by atoms with Crippen LogP contribution in [0.2, 0.25) is 0 Å². The first-order chi connectivity index (χ1) is 12.1. The molecule has 0 aliphatic rings. The average molecular weight is 337 g/mol. The Morgan fingerprint density at radius 3 is 2.52 bits per heavy atom. The minimum Gasteiger partial charge on any atom is -0.394 e. The van der Waals surface area contributed by atoms with Crippen LogP contribution in [0.25, 0.3) is 10.8 Å². The number of nitrogens with zero attached hydrogens (tertiary/aromatic N) is 1. The van der Waals surface area contributed by atoms with Crippen molar-refractivity contribution in [3.8, 4) is 0 Å². The molecule has 0 spiro atoms. The van der Waals surface area contributed by atoms with E-state index in [0.717, 1.165) is 11.1 Å². The fraction of sp³-hybridized carbons (Fsp3) is 0.211. The standard InChI is InChI=1S/C19H19N3O3/c1-12-6-8-13(9-7-12)17(11-23)20-18(24)10-16-14-4-2-3-5-15(14)19(25)22-21-16/h2-9,17,23H,10-11H2,1H3,(H,20,24)(H,22,25)/t17-/m1/s1. The van der Waals surface area contributed by atoms with Crippen molar-refractivity contribution in [3.05, 3.63) is 75.7 Å². The van der Waals surface area contributed by atoms with Gasteiger partial charge in [-0.3, -0.25) is 9.59 Å². The number of nitrogens with one attached hydrogen (secondary N) is 2. The largest absolute Gasteiger partial charge is 0.394 e. The highest BCUT2D eigenvalue weighted by atomic mass is 16.3. The quantitative estimate of drug-likeness (QED) is 0.659. The zero-order valence-corrected chi connectivity index (χ0v) is 13.8. The number of aliphatic hydroxyl groups excluding tert-OH is 1. The minimum absolute atomic E-state index is 0.0135. The lowest BCUT2D eigenvalue weighted by Crippen LogP contribution is -2.32. The molecule has 1 heterocycles. The molecule has 128 valence electrons. The Morgan fingerprint density at radius 2 is 1.84 bits per heavy atom. The summed E-state index contributed by atoms with van der Waals surface area (Å²) in [6.07, 6.45) is 0.0135. The van der Waals surface area contributed by atoms with E-state index in [-0.39, 0.29) is 24.5 Å². The van der Waals surface area contributed by atoms with E-state index in [2.05, 4.69) is 15.5 Å². The molecule has 6 nitrogen and oxygen atoms in total. The number of aryl methyl sites for hydroxylation is 1. The van der Waals surface area contributed by atoms with E-state index < -0.39 is 6.04 Å². The number of fused-ring (bicyclic) bond motifs is 1. The van der Waals surface area contributed by atoms with Crippen molar-refractivity contribution in [3.63, 3.8) is 0 Å². The van der Waals surface area contributed by atoms with Crippen molar-refractivity contribution < 1.29 is 9.90 Å². The lowest BCUT2D eigenvalue weighted by Gasteiger charge is -2.17. The Kier molecular flexibility index (Phi) is 4.90. The summed E-state index contributed by atoms with van der Waals surface area (Å²) in [5, 5.41) is 20.0. The number of aliphatic hydroxyl groups is 1. The van der Waals surface area contributed by atoms with Gasteiger partial charge in [0, 0.05) is 5.39 Å². The van der Waals surface area contributed by atoms with Crippen LogP contribution in [0.1, 0.15) is 22.9 Å². The number of carbonyl (C=O) groups excluding carboxylic acids is 1. The molecule has 1 aromatic heterocycles. The predicted octanol–water partition coefficient (Wildman–Crippen LogP) is 1.62.